The fourth-order valence-corrected chi connectivity index (χ4v) is 7.43. The Hall–Kier alpha value is -4.62. The van der Waals surface area contributed by atoms with Gasteiger partial charge in [0.05, 0.1) is 28.4 Å². The zero-order valence-corrected chi connectivity index (χ0v) is 25.5. The molecule has 7 heteroatoms. The maximum absolute atomic E-state index is 14.4. The van der Waals surface area contributed by atoms with Crippen LogP contribution in [-0.4, -0.2) is 34.3 Å². The smallest absolute Gasteiger partial charge is 0.336 e. The van der Waals surface area contributed by atoms with Gasteiger partial charge in [-0.1, -0.05) is 24.3 Å². The second-order valence-electron chi connectivity index (χ2n) is 12.4. The van der Waals surface area contributed by atoms with Crippen LogP contribution < -0.4 is 31.0 Å². The molecule has 3 aliphatic heterocycles. The molecule has 0 saturated carbocycles. The van der Waals surface area contributed by atoms with Crippen molar-refractivity contribution in [3.8, 4) is 11.5 Å². The van der Waals surface area contributed by atoms with Gasteiger partial charge in [-0.3, -0.25) is 4.79 Å². The van der Waals surface area contributed by atoms with Crippen LogP contribution in [0.1, 0.15) is 67.2 Å². The number of carboxylic acids is 1. The molecule has 0 saturated heterocycles. The van der Waals surface area contributed by atoms with E-state index in [9.17, 15) is 14.7 Å². The Morgan fingerprint density at radius 1 is 1.07 bits per heavy atom. The predicted molar refractivity (Wildman–Crippen MR) is 170 cm³/mol. The number of anilines is 1. The van der Waals surface area contributed by atoms with E-state index < -0.39 is 5.97 Å². The summed E-state index contributed by atoms with van der Waals surface area (Å²) in [5.41, 5.74) is 8.00. The number of hydrogen-bond donors (Lipinski definition) is 2. The Balaban J connectivity index is 1.68. The van der Waals surface area contributed by atoms with Crippen molar-refractivity contribution in [3.05, 3.63) is 103 Å². The third-order valence-electron chi connectivity index (χ3n) is 9.42. The highest BCUT2D eigenvalue weighted by atomic mass is 16.5. The second-order valence-corrected chi connectivity index (χ2v) is 12.4. The van der Waals surface area contributed by atoms with Crippen molar-refractivity contribution in [1.29, 1.82) is 0 Å². The summed E-state index contributed by atoms with van der Waals surface area (Å²) in [6.45, 7) is 12.5. The lowest BCUT2D eigenvalue weighted by atomic mass is 9.84. The standard InChI is InChI=1S/C36H35N3O4/c1-7-39-29-17-30-27(15-24(29)19(2)18-36(39,4)5)31(22-10-8-9-11-23(22)35(41)42)32-33(43-30)26-14-21-12-13-37-20(3)25(21)16-28(26)38(6)34(32)40/h8-11,14-18,37H,7,12-13H2,1-6H3,(H,41,42)/p+1. The van der Waals surface area contributed by atoms with Gasteiger partial charge in [-0.05, 0) is 68.7 Å². The number of aromatic carboxylic acids is 1. The van der Waals surface area contributed by atoms with Crippen LogP contribution in [0.2, 0.25) is 0 Å². The van der Waals surface area contributed by atoms with Gasteiger partial charge in [0.1, 0.15) is 17.2 Å². The van der Waals surface area contributed by atoms with Crippen molar-refractivity contribution < 1.29 is 20.0 Å². The molecule has 0 unspecified atom stereocenters. The molecule has 0 fully saturated rings. The molecule has 4 heterocycles. The number of carboxylic acid groups (broad SMARTS) is 1. The number of fused-ring (bicyclic) bond motifs is 6. The summed E-state index contributed by atoms with van der Waals surface area (Å²) in [4.78, 5) is 29.3. The Labute approximate surface area is 250 Å². The molecule has 0 amide bonds. The van der Waals surface area contributed by atoms with E-state index in [1.165, 1.54) is 11.3 Å². The molecule has 0 aliphatic carbocycles. The van der Waals surface area contributed by atoms with Gasteiger partial charge >= 0.3 is 5.97 Å². The van der Waals surface area contributed by atoms with E-state index in [2.05, 4.69) is 75.2 Å². The molecule has 0 bridgehead atoms. The molecule has 3 aromatic carbocycles. The first-order valence-corrected chi connectivity index (χ1v) is 14.9. The van der Waals surface area contributed by atoms with Crippen molar-refractivity contribution >= 4 is 39.4 Å². The van der Waals surface area contributed by atoms with Crippen molar-refractivity contribution in [2.24, 2.45) is 7.05 Å². The number of aryl methyl sites for hydroxylation is 1. The van der Waals surface area contributed by atoms with Crippen LogP contribution in [0.25, 0.3) is 27.7 Å². The molecule has 0 spiro atoms. The summed E-state index contributed by atoms with van der Waals surface area (Å²) in [6.07, 6.45) is 3.18. The van der Waals surface area contributed by atoms with E-state index >= 15 is 0 Å². The molecule has 218 valence electrons. The Morgan fingerprint density at radius 2 is 1.84 bits per heavy atom. The van der Waals surface area contributed by atoms with Crippen LogP contribution in [0.3, 0.4) is 0 Å². The molecule has 0 radical (unpaired) electrons. The van der Waals surface area contributed by atoms with Gasteiger partial charge in [0.2, 0.25) is 0 Å². The lowest BCUT2D eigenvalue weighted by Crippen LogP contribution is -2.84. The van der Waals surface area contributed by atoms with Gasteiger partial charge in [-0.25, -0.2) is 4.79 Å². The quantitative estimate of drug-likeness (QED) is 0.342. The highest BCUT2D eigenvalue weighted by Gasteiger charge is 2.34. The number of quaternary nitrogens is 1. The maximum atomic E-state index is 14.4. The summed E-state index contributed by atoms with van der Waals surface area (Å²) in [5.74, 6) is 0.0643. The van der Waals surface area contributed by atoms with Crippen molar-refractivity contribution in [3.63, 3.8) is 0 Å². The summed E-state index contributed by atoms with van der Waals surface area (Å²) < 4.78 is 8.50. The lowest BCUT2D eigenvalue weighted by molar-refractivity contribution is -0.567. The topological polar surface area (TPSA) is 88.4 Å². The van der Waals surface area contributed by atoms with Gasteiger partial charge in [0.25, 0.3) is 5.56 Å². The first kappa shape index (κ1) is 27.2. The van der Waals surface area contributed by atoms with Crippen LogP contribution in [0, 0.1) is 0 Å². The Kier molecular flexibility index (Phi) is 5.98. The third-order valence-corrected chi connectivity index (χ3v) is 9.42. The number of rotatable bonds is 3. The van der Waals surface area contributed by atoms with E-state index in [-0.39, 0.29) is 16.7 Å². The minimum absolute atomic E-state index is 0.144. The van der Waals surface area contributed by atoms with Crippen LogP contribution in [0.15, 0.2) is 59.4 Å². The maximum Gasteiger partial charge on any atom is 0.336 e. The van der Waals surface area contributed by atoms with Crippen LogP contribution in [-0.2, 0) is 13.5 Å². The third kappa shape index (κ3) is 3.91. The number of ether oxygens (including phenoxy) is 1. The van der Waals surface area contributed by atoms with E-state index in [0.717, 1.165) is 58.0 Å². The van der Waals surface area contributed by atoms with Gasteiger partial charge in [-0.15, -0.1) is 0 Å². The molecule has 3 aliphatic rings. The number of nitrogens with zero attached hydrogens (tertiary/aromatic N) is 2. The molecule has 4 aromatic rings. The van der Waals surface area contributed by atoms with Crippen molar-refractivity contribution in [2.75, 3.05) is 18.0 Å². The number of hydrogen-bond acceptors (Lipinski definition) is 4. The average Bonchev–Trinajstić information content (AvgIpc) is 2.97. The number of benzene rings is 3. The van der Waals surface area contributed by atoms with Crippen LogP contribution in [0.5, 0.6) is 11.5 Å². The highest BCUT2D eigenvalue weighted by molar-refractivity contribution is 6.01. The average molecular weight is 575 g/mol. The minimum Gasteiger partial charge on any atom is -0.478 e. The molecular weight excluding hydrogens is 538 g/mol. The SMILES string of the molecule is CCN1c2cc3c(cc2C(C)=CC1(C)C)C(c1ccccc1C(=O)O)=c1c(c2cc4c(cc2n(C)c1=O)=C(C)[NH2+]CC4)O3. The molecule has 1 aromatic heterocycles. The van der Waals surface area contributed by atoms with Crippen LogP contribution in [0.4, 0.5) is 5.69 Å². The van der Waals surface area contributed by atoms with E-state index in [1.54, 1.807) is 29.8 Å². The number of nitrogens with two attached hydrogens (primary N) is 1. The molecular formula is C36H36N3O4+. The number of allylic oxidation sites excluding steroid dienone is 1. The first-order chi connectivity index (χ1) is 20.5. The first-order valence-electron chi connectivity index (χ1n) is 14.9. The lowest BCUT2D eigenvalue weighted by Gasteiger charge is -2.43. The molecule has 0 atom stereocenters. The molecule has 7 rings (SSSR count). The summed E-state index contributed by atoms with van der Waals surface area (Å²) in [6, 6.07) is 15.4. The fraction of sp³-hybridized carbons (Fsp3) is 0.278. The fourth-order valence-electron chi connectivity index (χ4n) is 7.43. The summed E-state index contributed by atoms with van der Waals surface area (Å²) in [5, 5.41) is 14.9. The van der Waals surface area contributed by atoms with E-state index in [0.29, 0.717) is 27.9 Å². The predicted octanol–water partition coefficient (Wildman–Crippen LogP) is 3.86. The monoisotopic (exact) mass is 574 g/mol. The number of carbonyl (C=O) groups is 1. The van der Waals surface area contributed by atoms with Gasteiger partial charge in [0, 0.05) is 66.0 Å². The molecule has 43 heavy (non-hydrogen) atoms. The number of likely N-dealkylation sites (N-methyl/N-ethyl adjacent to an activating group) is 1. The normalized spacial score (nSPS) is 16.6. The summed E-state index contributed by atoms with van der Waals surface area (Å²) >= 11 is 0. The van der Waals surface area contributed by atoms with Crippen LogP contribution >= 0.6 is 0 Å². The zero-order chi connectivity index (χ0) is 30.4. The zero-order valence-electron chi connectivity index (χ0n) is 25.5. The van der Waals surface area contributed by atoms with Crippen molar-refractivity contribution in [2.45, 2.75) is 46.6 Å². The number of pyridine rings is 1. The van der Waals surface area contributed by atoms with Crippen molar-refractivity contribution in [1.82, 2.24) is 4.57 Å². The van der Waals surface area contributed by atoms with E-state index in [1.807, 2.05) is 6.07 Å². The van der Waals surface area contributed by atoms with Gasteiger partial charge in [-0.2, -0.15) is 0 Å². The Morgan fingerprint density at radius 3 is 2.58 bits per heavy atom. The molecule has 7 nitrogen and oxygen atoms in total. The number of aromatic nitrogens is 1. The van der Waals surface area contributed by atoms with E-state index in [4.69, 9.17) is 4.74 Å². The second kappa shape index (κ2) is 9.44. The Bertz CT molecular complexity index is 2130. The summed E-state index contributed by atoms with van der Waals surface area (Å²) in [7, 11) is 1.79. The molecule has 3 N–H and O–H groups in total. The highest BCUT2D eigenvalue weighted by Crippen LogP contribution is 2.47. The van der Waals surface area contributed by atoms with Gasteiger partial charge < -0.3 is 24.6 Å². The largest absolute Gasteiger partial charge is 0.478 e. The van der Waals surface area contributed by atoms with Gasteiger partial charge in [0.15, 0.2) is 0 Å². The minimum atomic E-state index is -1.04.